The maximum atomic E-state index is 14.0. The van der Waals surface area contributed by atoms with Crippen LogP contribution in [0.3, 0.4) is 0 Å². The van der Waals surface area contributed by atoms with Crippen LogP contribution in [0.5, 0.6) is 5.75 Å². The number of carbonyl (C=O) groups is 1. The standard InChI is InChI=1S/C17H20BF2NO4/c1-17(2,3)25-16(22)21-6-9-8-23-13(7-21)14(9)24-15-11(19)4-10(18)5-12(15)20/h4-5,9,13-14H,6-8H2,1-3H3. The van der Waals surface area contributed by atoms with E-state index in [9.17, 15) is 13.6 Å². The number of fused-ring (bicyclic) bond motifs is 2. The number of benzene rings is 1. The van der Waals surface area contributed by atoms with Gasteiger partial charge in [0.15, 0.2) is 17.4 Å². The van der Waals surface area contributed by atoms with Crippen LogP contribution in [0.15, 0.2) is 12.1 Å². The minimum atomic E-state index is -0.855. The molecule has 2 aliphatic rings. The minimum Gasteiger partial charge on any atom is -0.481 e. The van der Waals surface area contributed by atoms with Crippen LogP contribution in [0.4, 0.5) is 13.6 Å². The highest BCUT2D eigenvalue weighted by molar-refractivity contribution is 6.32. The Bertz CT molecular complexity index is 642. The molecule has 5 nitrogen and oxygen atoms in total. The Labute approximate surface area is 146 Å². The van der Waals surface area contributed by atoms with Crippen LogP contribution in [-0.4, -0.2) is 56.3 Å². The van der Waals surface area contributed by atoms with E-state index in [0.717, 1.165) is 12.1 Å². The summed E-state index contributed by atoms with van der Waals surface area (Å²) in [5, 5.41) is 0. The molecule has 0 aliphatic carbocycles. The van der Waals surface area contributed by atoms with E-state index < -0.39 is 41.3 Å². The molecule has 2 fully saturated rings. The van der Waals surface area contributed by atoms with Crippen LogP contribution < -0.4 is 10.2 Å². The number of piperidine rings is 1. The van der Waals surface area contributed by atoms with Crippen molar-refractivity contribution >= 4 is 19.4 Å². The summed E-state index contributed by atoms with van der Waals surface area (Å²) in [6, 6.07) is 2.02. The van der Waals surface area contributed by atoms with Gasteiger partial charge < -0.3 is 19.1 Å². The molecule has 0 aromatic heterocycles. The van der Waals surface area contributed by atoms with Gasteiger partial charge in [-0.3, -0.25) is 0 Å². The average molecular weight is 351 g/mol. The summed E-state index contributed by atoms with van der Waals surface area (Å²) in [4.78, 5) is 13.8. The third kappa shape index (κ3) is 3.89. The number of carbonyl (C=O) groups excluding carboxylic acids is 1. The summed E-state index contributed by atoms with van der Waals surface area (Å²) in [7, 11) is 5.41. The van der Waals surface area contributed by atoms with Gasteiger partial charge in [0, 0.05) is 12.5 Å². The smallest absolute Gasteiger partial charge is 0.410 e. The summed E-state index contributed by atoms with van der Waals surface area (Å²) < 4.78 is 44.5. The van der Waals surface area contributed by atoms with Gasteiger partial charge in [-0.1, -0.05) is 5.46 Å². The summed E-state index contributed by atoms with van der Waals surface area (Å²) in [6.45, 7) is 6.31. The zero-order valence-corrected chi connectivity index (χ0v) is 14.4. The van der Waals surface area contributed by atoms with Gasteiger partial charge in [0.1, 0.15) is 25.7 Å². The highest BCUT2D eigenvalue weighted by Gasteiger charge is 2.47. The second kappa shape index (κ2) is 6.48. The van der Waals surface area contributed by atoms with Crippen molar-refractivity contribution in [3.05, 3.63) is 23.8 Å². The molecule has 0 N–H and O–H groups in total. The second-order valence-electron chi connectivity index (χ2n) is 7.41. The molecule has 134 valence electrons. The molecule has 1 amide bonds. The number of ether oxygens (including phenoxy) is 3. The molecule has 1 aromatic rings. The first kappa shape index (κ1) is 18.0. The van der Waals surface area contributed by atoms with E-state index in [2.05, 4.69) is 0 Å². The molecule has 1 aromatic carbocycles. The molecule has 2 saturated heterocycles. The predicted molar refractivity (Wildman–Crippen MR) is 87.2 cm³/mol. The second-order valence-corrected chi connectivity index (χ2v) is 7.41. The third-order valence-electron chi connectivity index (χ3n) is 4.14. The van der Waals surface area contributed by atoms with E-state index in [4.69, 9.17) is 22.1 Å². The lowest BCUT2D eigenvalue weighted by Gasteiger charge is -2.36. The predicted octanol–water partition coefficient (Wildman–Crippen LogP) is 1.77. The molecule has 25 heavy (non-hydrogen) atoms. The highest BCUT2D eigenvalue weighted by atomic mass is 19.1. The van der Waals surface area contributed by atoms with Gasteiger partial charge in [-0.15, -0.1) is 0 Å². The Morgan fingerprint density at radius 1 is 1.28 bits per heavy atom. The van der Waals surface area contributed by atoms with Gasteiger partial charge in [-0.2, -0.15) is 0 Å². The van der Waals surface area contributed by atoms with Crippen LogP contribution in [0.1, 0.15) is 20.8 Å². The molecule has 0 saturated carbocycles. The maximum Gasteiger partial charge on any atom is 0.410 e. The topological polar surface area (TPSA) is 48.0 Å². The van der Waals surface area contributed by atoms with Crippen molar-refractivity contribution in [3.8, 4) is 5.75 Å². The summed E-state index contributed by atoms with van der Waals surface area (Å²) >= 11 is 0. The van der Waals surface area contributed by atoms with Gasteiger partial charge >= 0.3 is 6.09 Å². The highest BCUT2D eigenvalue weighted by Crippen LogP contribution is 2.33. The molecule has 3 atom stereocenters. The van der Waals surface area contributed by atoms with Gasteiger partial charge in [-0.05, 0) is 32.9 Å². The van der Waals surface area contributed by atoms with Crippen molar-refractivity contribution in [1.82, 2.24) is 4.90 Å². The van der Waals surface area contributed by atoms with Crippen molar-refractivity contribution < 1.29 is 27.8 Å². The molecule has 3 rings (SSSR count). The number of hydrogen-bond donors (Lipinski definition) is 0. The SMILES string of the molecule is [B]c1cc(F)c(OC2C3COC2CN(C(=O)OC(C)(C)C)C3)c(F)c1. The Morgan fingerprint density at radius 2 is 1.92 bits per heavy atom. The molecular weight excluding hydrogens is 331 g/mol. The molecule has 2 bridgehead atoms. The van der Waals surface area contributed by atoms with Crippen molar-refractivity contribution in [1.29, 1.82) is 0 Å². The lowest BCUT2D eigenvalue weighted by atomic mass is 9.95. The van der Waals surface area contributed by atoms with Gasteiger partial charge in [0.05, 0.1) is 13.2 Å². The molecule has 3 unspecified atom stereocenters. The normalized spacial score (nSPS) is 25.8. The van der Waals surface area contributed by atoms with Crippen molar-refractivity contribution in [2.45, 2.75) is 38.6 Å². The summed E-state index contributed by atoms with van der Waals surface area (Å²) in [5.41, 5.74) is -0.609. The number of nitrogens with zero attached hydrogens (tertiary/aromatic N) is 1. The van der Waals surface area contributed by atoms with E-state index in [0.29, 0.717) is 13.2 Å². The zero-order valence-electron chi connectivity index (χ0n) is 14.4. The summed E-state index contributed by atoms with van der Waals surface area (Å²) in [5.74, 6) is -2.37. The molecule has 0 spiro atoms. The Kier molecular flexibility index (Phi) is 4.66. The van der Waals surface area contributed by atoms with Crippen LogP contribution in [0, 0.1) is 17.6 Å². The fraction of sp³-hybridized carbons (Fsp3) is 0.588. The van der Waals surface area contributed by atoms with Gasteiger partial charge in [-0.25, -0.2) is 13.6 Å². The lowest BCUT2D eigenvalue weighted by Crippen LogP contribution is -2.53. The molecule has 2 heterocycles. The van der Waals surface area contributed by atoms with Crippen LogP contribution >= 0.6 is 0 Å². The zero-order chi connectivity index (χ0) is 18.4. The monoisotopic (exact) mass is 351 g/mol. The van der Waals surface area contributed by atoms with Crippen molar-refractivity contribution in [3.63, 3.8) is 0 Å². The number of rotatable bonds is 2. The van der Waals surface area contributed by atoms with Crippen LogP contribution in [0.25, 0.3) is 0 Å². The fourth-order valence-corrected chi connectivity index (χ4v) is 3.10. The van der Waals surface area contributed by atoms with Crippen molar-refractivity contribution in [2.75, 3.05) is 19.7 Å². The van der Waals surface area contributed by atoms with Crippen LogP contribution in [0.2, 0.25) is 0 Å². The number of halogens is 2. The number of likely N-dealkylation sites (tertiary alicyclic amines) is 1. The minimum absolute atomic E-state index is 0.0127. The largest absolute Gasteiger partial charge is 0.481 e. The van der Waals surface area contributed by atoms with E-state index in [1.807, 2.05) is 0 Å². The Hall–Kier alpha value is -1.83. The van der Waals surface area contributed by atoms with E-state index in [1.165, 1.54) is 0 Å². The van der Waals surface area contributed by atoms with Gasteiger partial charge in [0.25, 0.3) is 0 Å². The molecule has 2 radical (unpaired) electrons. The quantitative estimate of drug-likeness (QED) is 0.762. The fourth-order valence-electron chi connectivity index (χ4n) is 3.10. The average Bonchev–Trinajstić information content (AvgIpc) is 2.69. The molecule has 8 heteroatoms. The molecule has 2 aliphatic heterocycles. The summed E-state index contributed by atoms with van der Waals surface area (Å²) in [6.07, 6.45) is -1.44. The Morgan fingerprint density at radius 3 is 2.48 bits per heavy atom. The van der Waals surface area contributed by atoms with E-state index in [-0.39, 0.29) is 17.9 Å². The van der Waals surface area contributed by atoms with Gasteiger partial charge in [0.2, 0.25) is 0 Å². The lowest BCUT2D eigenvalue weighted by molar-refractivity contribution is -0.0192. The van der Waals surface area contributed by atoms with E-state index >= 15 is 0 Å². The number of amides is 1. The van der Waals surface area contributed by atoms with Crippen molar-refractivity contribution in [2.24, 2.45) is 5.92 Å². The van der Waals surface area contributed by atoms with Crippen LogP contribution in [-0.2, 0) is 9.47 Å². The maximum absolute atomic E-state index is 14.0. The first-order chi connectivity index (χ1) is 11.6. The first-order valence-corrected chi connectivity index (χ1v) is 8.15. The Balaban J connectivity index is 1.71. The third-order valence-corrected chi connectivity index (χ3v) is 4.14. The van der Waals surface area contributed by atoms with E-state index in [1.54, 1.807) is 25.7 Å². The number of hydrogen-bond acceptors (Lipinski definition) is 4. The first-order valence-electron chi connectivity index (χ1n) is 8.15. The molecular formula is C17H20BF2NO4.